The van der Waals surface area contributed by atoms with Crippen molar-refractivity contribution in [3.05, 3.63) is 54.1 Å². The maximum atomic E-state index is 14.9. The van der Waals surface area contributed by atoms with Crippen LogP contribution in [0, 0.1) is 12.7 Å². The minimum Gasteiger partial charge on any atom is -0.493 e. The van der Waals surface area contributed by atoms with E-state index >= 15 is 0 Å². The van der Waals surface area contributed by atoms with Crippen molar-refractivity contribution in [3.8, 4) is 23.0 Å². The van der Waals surface area contributed by atoms with Gasteiger partial charge in [-0.1, -0.05) is 15.9 Å². The predicted octanol–water partition coefficient (Wildman–Crippen LogP) is 5.74. The van der Waals surface area contributed by atoms with Crippen molar-refractivity contribution >= 4 is 37.7 Å². The first-order chi connectivity index (χ1) is 13.6. The van der Waals surface area contributed by atoms with Gasteiger partial charge in [-0.15, -0.1) is 0 Å². The molecule has 0 aliphatic rings. The molecule has 0 fully saturated rings. The predicted molar refractivity (Wildman–Crippen MR) is 111 cm³/mol. The second-order valence-electron chi connectivity index (χ2n) is 6.26. The third-order valence-electron chi connectivity index (χ3n) is 4.38. The molecule has 0 unspecified atom stereocenters. The van der Waals surface area contributed by atoms with Gasteiger partial charge in [0.15, 0.2) is 23.1 Å². The van der Waals surface area contributed by atoms with Crippen molar-refractivity contribution in [2.24, 2.45) is 0 Å². The molecule has 7 heteroatoms. The molecule has 0 radical (unpaired) electrons. The Bertz CT molecular complexity index is 1160. The van der Waals surface area contributed by atoms with Crippen LogP contribution in [0.15, 0.2) is 42.6 Å². The zero-order chi connectivity index (χ0) is 19.7. The number of hydrogen-bond donors (Lipinski definition) is 1. The number of aromatic amines is 1. The number of benzene rings is 2. The summed E-state index contributed by atoms with van der Waals surface area (Å²) in [4.78, 5) is 7.50. The van der Waals surface area contributed by atoms with E-state index in [0.717, 1.165) is 11.2 Å². The number of ether oxygens (including phenoxy) is 3. The summed E-state index contributed by atoms with van der Waals surface area (Å²) in [6.45, 7) is 2.39. The fraction of sp³-hybridized carbons (Fsp3) is 0.190. The molecule has 0 aliphatic carbocycles. The van der Waals surface area contributed by atoms with Gasteiger partial charge in [-0.2, -0.15) is 0 Å². The summed E-state index contributed by atoms with van der Waals surface area (Å²) in [7, 11) is 1.57. The largest absolute Gasteiger partial charge is 0.493 e. The van der Waals surface area contributed by atoms with E-state index in [4.69, 9.17) is 14.2 Å². The van der Waals surface area contributed by atoms with E-state index in [2.05, 4.69) is 25.9 Å². The Balaban J connectivity index is 1.77. The molecule has 4 rings (SSSR count). The van der Waals surface area contributed by atoms with Crippen LogP contribution in [0.3, 0.4) is 0 Å². The Morgan fingerprint density at radius 3 is 2.68 bits per heavy atom. The molecule has 5 nitrogen and oxygen atoms in total. The zero-order valence-corrected chi connectivity index (χ0v) is 17.0. The zero-order valence-electron chi connectivity index (χ0n) is 15.4. The summed E-state index contributed by atoms with van der Waals surface area (Å²) in [5.74, 6) is 1.38. The number of hydrogen-bond acceptors (Lipinski definition) is 4. The molecular weight excluding hydrogens is 427 g/mol. The van der Waals surface area contributed by atoms with Crippen molar-refractivity contribution in [2.45, 2.75) is 6.92 Å². The fourth-order valence-electron chi connectivity index (χ4n) is 3.12. The van der Waals surface area contributed by atoms with Crippen molar-refractivity contribution in [2.75, 3.05) is 19.0 Å². The quantitative estimate of drug-likeness (QED) is 0.385. The van der Waals surface area contributed by atoms with E-state index < -0.39 is 5.82 Å². The van der Waals surface area contributed by atoms with Gasteiger partial charge >= 0.3 is 0 Å². The van der Waals surface area contributed by atoms with Gasteiger partial charge in [0.1, 0.15) is 5.75 Å². The number of nitrogens with zero attached hydrogens (tertiary/aromatic N) is 1. The van der Waals surface area contributed by atoms with Crippen molar-refractivity contribution in [1.29, 1.82) is 0 Å². The smallest absolute Gasteiger partial charge is 0.175 e. The van der Waals surface area contributed by atoms with E-state index in [1.54, 1.807) is 49.7 Å². The van der Waals surface area contributed by atoms with Crippen molar-refractivity contribution < 1.29 is 18.6 Å². The molecular formula is C21H18BrFN2O3. The summed E-state index contributed by atoms with van der Waals surface area (Å²) in [5.41, 5.74) is 2.29. The molecule has 1 N–H and O–H groups in total. The van der Waals surface area contributed by atoms with Gasteiger partial charge in [0.2, 0.25) is 0 Å². The Hall–Kier alpha value is -2.80. The molecule has 4 aromatic rings. The number of rotatable bonds is 6. The van der Waals surface area contributed by atoms with Crippen LogP contribution in [0.5, 0.6) is 23.0 Å². The summed E-state index contributed by atoms with van der Waals surface area (Å²) in [6.07, 6.45) is 1.62. The maximum absolute atomic E-state index is 14.9. The Kier molecular flexibility index (Phi) is 5.09. The highest BCUT2D eigenvalue weighted by atomic mass is 79.9. The van der Waals surface area contributed by atoms with Gasteiger partial charge in [-0.25, -0.2) is 4.39 Å². The van der Waals surface area contributed by atoms with Gasteiger partial charge < -0.3 is 19.2 Å². The van der Waals surface area contributed by atoms with Crippen LogP contribution in [0.2, 0.25) is 0 Å². The molecule has 28 heavy (non-hydrogen) atoms. The van der Waals surface area contributed by atoms with E-state index in [9.17, 15) is 4.39 Å². The van der Waals surface area contributed by atoms with Crippen molar-refractivity contribution in [1.82, 2.24) is 9.97 Å². The average Bonchev–Trinajstić information content (AvgIpc) is 3.09. The summed E-state index contributed by atoms with van der Waals surface area (Å²) >= 11 is 3.34. The highest BCUT2D eigenvalue weighted by Gasteiger charge is 2.15. The Morgan fingerprint density at radius 2 is 1.89 bits per heavy atom. The van der Waals surface area contributed by atoms with Crippen LogP contribution in [0.4, 0.5) is 4.39 Å². The fourth-order valence-corrected chi connectivity index (χ4v) is 3.29. The normalized spacial score (nSPS) is 11.1. The third kappa shape index (κ3) is 3.38. The second-order valence-corrected chi connectivity index (χ2v) is 7.05. The first kappa shape index (κ1) is 18.6. The summed E-state index contributed by atoms with van der Waals surface area (Å²) in [5, 5.41) is 1.90. The SMILES string of the molecule is COc1cc2c(Oc3ccc4[nH]c(C)cc4c3F)ccnc2cc1OCCBr. The number of halogens is 2. The Morgan fingerprint density at radius 1 is 1.04 bits per heavy atom. The lowest BCUT2D eigenvalue weighted by Gasteiger charge is -2.14. The van der Waals surface area contributed by atoms with Crippen LogP contribution >= 0.6 is 15.9 Å². The molecule has 2 heterocycles. The lowest BCUT2D eigenvalue weighted by atomic mass is 10.1. The minimum absolute atomic E-state index is 0.151. The van der Waals surface area contributed by atoms with E-state index in [-0.39, 0.29) is 5.75 Å². The number of H-pyrrole nitrogens is 1. The number of aryl methyl sites for hydroxylation is 1. The maximum Gasteiger partial charge on any atom is 0.175 e. The molecule has 0 saturated heterocycles. The van der Waals surface area contributed by atoms with E-state index in [0.29, 0.717) is 45.5 Å². The molecule has 0 aliphatic heterocycles. The molecule has 0 saturated carbocycles. The van der Waals surface area contributed by atoms with Crippen LogP contribution < -0.4 is 14.2 Å². The standard InChI is InChI=1S/C21H18BrFN2O3/c1-12-9-14-15(25-12)3-4-18(21(14)23)28-17-5-7-24-16-11-20(27-8-6-22)19(26-2)10-13(16)17/h3-5,7,9-11,25H,6,8H2,1-2H3. The van der Waals surface area contributed by atoms with Crippen molar-refractivity contribution in [3.63, 3.8) is 0 Å². The van der Waals surface area contributed by atoms with Gasteiger partial charge in [0, 0.05) is 39.6 Å². The monoisotopic (exact) mass is 444 g/mol. The average molecular weight is 445 g/mol. The van der Waals surface area contributed by atoms with Crippen LogP contribution in [0.1, 0.15) is 5.69 Å². The van der Waals surface area contributed by atoms with Crippen LogP contribution in [-0.4, -0.2) is 29.0 Å². The first-order valence-corrected chi connectivity index (χ1v) is 9.84. The molecule has 144 valence electrons. The first-order valence-electron chi connectivity index (χ1n) is 8.72. The van der Waals surface area contributed by atoms with Gasteiger partial charge in [-0.3, -0.25) is 4.98 Å². The van der Waals surface area contributed by atoms with Gasteiger partial charge in [0.05, 0.1) is 19.2 Å². The Labute approximate surface area is 169 Å². The summed E-state index contributed by atoms with van der Waals surface area (Å²) in [6, 6.07) is 10.5. The van der Waals surface area contributed by atoms with E-state index in [1.165, 1.54) is 0 Å². The minimum atomic E-state index is -0.406. The van der Waals surface area contributed by atoms with Crippen LogP contribution in [-0.2, 0) is 0 Å². The number of nitrogens with one attached hydrogen (secondary N) is 1. The van der Waals surface area contributed by atoms with Gasteiger partial charge in [0.25, 0.3) is 0 Å². The number of alkyl halides is 1. The molecule has 0 atom stereocenters. The molecule has 2 aromatic heterocycles. The van der Waals surface area contributed by atoms with E-state index in [1.807, 2.05) is 6.92 Å². The number of pyridine rings is 1. The topological polar surface area (TPSA) is 56.4 Å². The third-order valence-corrected chi connectivity index (χ3v) is 4.70. The lowest BCUT2D eigenvalue weighted by molar-refractivity contribution is 0.315. The number of aromatic nitrogens is 2. The molecule has 0 bridgehead atoms. The van der Waals surface area contributed by atoms with Crippen LogP contribution in [0.25, 0.3) is 21.8 Å². The highest BCUT2D eigenvalue weighted by molar-refractivity contribution is 9.09. The number of fused-ring (bicyclic) bond motifs is 2. The molecule has 0 spiro atoms. The highest BCUT2D eigenvalue weighted by Crippen LogP contribution is 2.38. The number of methoxy groups -OCH3 is 1. The summed E-state index contributed by atoms with van der Waals surface area (Å²) < 4.78 is 32.0. The lowest BCUT2D eigenvalue weighted by Crippen LogP contribution is -2.00. The molecule has 0 amide bonds. The second kappa shape index (κ2) is 7.67. The molecule has 2 aromatic carbocycles. The van der Waals surface area contributed by atoms with Gasteiger partial charge in [-0.05, 0) is 37.3 Å².